The van der Waals surface area contributed by atoms with Crippen molar-refractivity contribution in [2.45, 2.75) is 12.2 Å². The summed E-state index contributed by atoms with van der Waals surface area (Å²) < 4.78 is 19.2. The molecular formula is C18H28O8. The highest BCUT2D eigenvalue weighted by Crippen LogP contribution is 1.94. The van der Waals surface area contributed by atoms with E-state index in [2.05, 4.69) is 31.1 Å². The molecule has 0 heterocycles. The molecule has 0 saturated carbocycles. The lowest BCUT2D eigenvalue weighted by Gasteiger charge is -2.13. The highest BCUT2D eigenvalue weighted by atomic mass is 16.6. The third kappa shape index (κ3) is 18.1. The number of hydrogen-bond donors (Lipinski definition) is 2. The average Bonchev–Trinajstić information content (AvgIpc) is 2.65. The Bertz CT molecular complexity index is 433. The van der Waals surface area contributed by atoms with Crippen LogP contribution in [0, 0.1) is 0 Å². The summed E-state index contributed by atoms with van der Waals surface area (Å²) in [5.41, 5.74) is 0. The minimum absolute atomic E-state index is 0.0814. The van der Waals surface area contributed by atoms with Crippen LogP contribution in [-0.2, 0) is 28.5 Å². The van der Waals surface area contributed by atoms with E-state index >= 15 is 0 Å². The molecule has 0 radical (unpaired) electrons. The molecule has 0 aromatic heterocycles. The van der Waals surface area contributed by atoms with Gasteiger partial charge in [-0.25, -0.2) is 9.59 Å². The lowest BCUT2D eigenvalue weighted by Crippen LogP contribution is -2.26. The second kappa shape index (κ2) is 19.1. The molecule has 0 saturated heterocycles. The molecule has 0 amide bonds. The molecule has 26 heavy (non-hydrogen) atoms. The second-order valence-corrected chi connectivity index (χ2v) is 4.59. The maximum absolute atomic E-state index is 10.7. The maximum atomic E-state index is 10.7. The molecule has 0 aliphatic carbocycles. The van der Waals surface area contributed by atoms with Gasteiger partial charge >= 0.3 is 11.9 Å². The van der Waals surface area contributed by atoms with Gasteiger partial charge in [0.25, 0.3) is 0 Å². The number of aliphatic hydroxyl groups excluding tert-OH is 2. The summed E-state index contributed by atoms with van der Waals surface area (Å²) in [6.07, 6.45) is 3.79. The molecule has 0 aliphatic rings. The van der Waals surface area contributed by atoms with Crippen LogP contribution < -0.4 is 0 Å². The molecule has 2 unspecified atom stereocenters. The van der Waals surface area contributed by atoms with Crippen molar-refractivity contribution in [3.63, 3.8) is 0 Å². The van der Waals surface area contributed by atoms with Crippen molar-refractivity contribution in [3.8, 4) is 0 Å². The van der Waals surface area contributed by atoms with Crippen molar-refractivity contribution in [3.05, 3.63) is 50.6 Å². The highest BCUT2D eigenvalue weighted by Gasteiger charge is 2.10. The fraction of sp³-hybridized carbons (Fsp3) is 0.444. The van der Waals surface area contributed by atoms with Crippen LogP contribution in [0.25, 0.3) is 0 Å². The Morgan fingerprint density at radius 1 is 0.885 bits per heavy atom. The van der Waals surface area contributed by atoms with E-state index in [0.717, 1.165) is 12.2 Å². The molecule has 2 atom stereocenters. The average molecular weight is 372 g/mol. The minimum atomic E-state index is -0.802. The molecule has 148 valence electrons. The van der Waals surface area contributed by atoms with Crippen LogP contribution in [0.15, 0.2) is 50.6 Å². The van der Waals surface area contributed by atoms with E-state index in [0.29, 0.717) is 13.2 Å². The SMILES string of the molecule is C=CCOCC(CO)OC(=O)C=C.C=CCOCC(O)COC(=O)C=C. The first-order chi connectivity index (χ1) is 12.4. The zero-order valence-corrected chi connectivity index (χ0v) is 14.9. The van der Waals surface area contributed by atoms with Gasteiger partial charge in [0.2, 0.25) is 0 Å². The van der Waals surface area contributed by atoms with Crippen LogP contribution in [0.4, 0.5) is 0 Å². The van der Waals surface area contributed by atoms with E-state index in [4.69, 9.17) is 24.4 Å². The van der Waals surface area contributed by atoms with Crippen molar-refractivity contribution in [2.24, 2.45) is 0 Å². The summed E-state index contributed by atoms with van der Waals surface area (Å²) in [6.45, 7) is 14.0. The summed E-state index contributed by atoms with van der Waals surface area (Å²) >= 11 is 0. The summed E-state index contributed by atoms with van der Waals surface area (Å²) in [6, 6.07) is 0. The van der Waals surface area contributed by atoms with Crippen molar-refractivity contribution in [2.75, 3.05) is 39.6 Å². The topological polar surface area (TPSA) is 112 Å². The number of ether oxygens (including phenoxy) is 4. The highest BCUT2D eigenvalue weighted by molar-refractivity contribution is 5.81. The predicted molar refractivity (Wildman–Crippen MR) is 96.4 cm³/mol. The molecule has 2 N–H and O–H groups in total. The van der Waals surface area contributed by atoms with Crippen molar-refractivity contribution in [1.29, 1.82) is 0 Å². The lowest BCUT2D eigenvalue weighted by molar-refractivity contribution is -0.148. The normalized spacial score (nSPS) is 11.8. The Kier molecular flexibility index (Phi) is 19.1. The fourth-order valence-corrected chi connectivity index (χ4v) is 1.19. The Morgan fingerprint density at radius 3 is 1.88 bits per heavy atom. The molecule has 0 spiro atoms. The van der Waals surface area contributed by atoms with E-state index in [1.165, 1.54) is 0 Å². The Hall–Kier alpha value is -2.26. The number of aliphatic hydroxyl groups is 2. The van der Waals surface area contributed by atoms with Gasteiger partial charge < -0.3 is 29.2 Å². The first kappa shape index (κ1) is 26.0. The van der Waals surface area contributed by atoms with Gasteiger partial charge in [-0.2, -0.15) is 0 Å². The van der Waals surface area contributed by atoms with Crippen LogP contribution in [0.1, 0.15) is 0 Å². The molecule has 0 fully saturated rings. The van der Waals surface area contributed by atoms with Crippen LogP contribution in [0.3, 0.4) is 0 Å². The van der Waals surface area contributed by atoms with Crippen molar-refractivity contribution in [1.82, 2.24) is 0 Å². The largest absolute Gasteiger partial charge is 0.460 e. The van der Waals surface area contributed by atoms with E-state index < -0.39 is 24.1 Å². The smallest absolute Gasteiger partial charge is 0.330 e. The van der Waals surface area contributed by atoms with E-state index in [9.17, 15) is 9.59 Å². The quantitative estimate of drug-likeness (QED) is 0.197. The van der Waals surface area contributed by atoms with Crippen LogP contribution in [0.2, 0.25) is 0 Å². The van der Waals surface area contributed by atoms with Gasteiger partial charge in [0.15, 0.2) is 0 Å². The molecule has 8 nitrogen and oxygen atoms in total. The zero-order chi connectivity index (χ0) is 20.2. The van der Waals surface area contributed by atoms with Crippen LogP contribution in [0.5, 0.6) is 0 Å². The summed E-state index contributed by atoms with van der Waals surface area (Å²) in [7, 11) is 0. The van der Waals surface area contributed by atoms with Crippen LogP contribution >= 0.6 is 0 Å². The number of esters is 2. The summed E-state index contributed by atoms with van der Waals surface area (Å²) in [5.74, 6) is -1.12. The van der Waals surface area contributed by atoms with Crippen LogP contribution in [-0.4, -0.2) is 74.0 Å². The maximum Gasteiger partial charge on any atom is 0.330 e. The first-order valence-electron chi connectivity index (χ1n) is 7.73. The molecule has 0 bridgehead atoms. The Labute approximate surface area is 154 Å². The van der Waals surface area contributed by atoms with Gasteiger partial charge in [0, 0.05) is 12.2 Å². The standard InChI is InChI=1S/2C9H14O4/c1-3-5-12-6-8(10)7-13-9(11)4-2;1-3-5-12-7-8(6-10)13-9(11)4-2/h2*3-4,8,10H,1-2,5-7H2. The summed E-state index contributed by atoms with van der Waals surface area (Å²) in [5, 5.41) is 17.9. The first-order valence-corrected chi connectivity index (χ1v) is 7.73. The van der Waals surface area contributed by atoms with Crippen molar-refractivity contribution >= 4 is 11.9 Å². The zero-order valence-electron chi connectivity index (χ0n) is 14.9. The third-order valence-corrected chi connectivity index (χ3v) is 2.32. The molecule has 0 aromatic rings. The monoisotopic (exact) mass is 372 g/mol. The summed E-state index contributed by atoms with van der Waals surface area (Å²) in [4.78, 5) is 21.2. The van der Waals surface area contributed by atoms with Gasteiger partial charge in [0.1, 0.15) is 18.8 Å². The van der Waals surface area contributed by atoms with E-state index in [1.54, 1.807) is 12.2 Å². The Balaban J connectivity index is 0. The minimum Gasteiger partial charge on any atom is -0.460 e. The molecular weight excluding hydrogens is 344 g/mol. The number of hydrogen-bond acceptors (Lipinski definition) is 8. The molecule has 0 aromatic carbocycles. The second-order valence-electron chi connectivity index (χ2n) is 4.59. The fourth-order valence-electron chi connectivity index (χ4n) is 1.19. The molecule has 0 rings (SSSR count). The van der Waals surface area contributed by atoms with E-state index in [1.807, 2.05) is 0 Å². The third-order valence-electron chi connectivity index (χ3n) is 2.32. The number of rotatable bonds is 14. The number of carbonyl (C=O) groups is 2. The van der Waals surface area contributed by atoms with Gasteiger partial charge in [-0.3, -0.25) is 0 Å². The molecule has 8 heteroatoms. The van der Waals surface area contributed by atoms with Gasteiger partial charge in [0.05, 0.1) is 33.0 Å². The van der Waals surface area contributed by atoms with Gasteiger partial charge in [-0.1, -0.05) is 25.3 Å². The van der Waals surface area contributed by atoms with Crippen molar-refractivity contribution < 1.29 is 38.7 Å². The lowest BCUT2D eigenvalue weighted by atomic mass is 10.4. The van der Waals surface area contributed by atoms with Gasteiger partial charge in [-0.05, 0) is 0 Å². The predicted octanol–water partition coefficient (Wildman–Crippen LogP) is 0.558. The molecule has 0 aliphatic heterocycles. The van der Waals surface area contributed by atoms with E-state index in [-0.39, 0.29) is 26.4 Å². The van der Waals surface area contributed by atoms with Gasteiger partial charge in [-0.15, -0.1) is 13.2 Å². The number of carbonyl (C=O) groups excluding carboxylic acids is 2. The Morgan fingerprint density at radius 2 is 1.42 bits per heavy atom.